The fraction of sp³-hybridized carbons (Fsp3) is 0.833. The van der Waals surface area contributed by atoms with Gasteiger partial charge in [-0.3, -0.25) is 4.79 Å². The molecule has 0 heterocycles. The highest BCUT2D eigenvalue weighted by molar-refractivity contribution is 5.45. The second-order valence-corrected chi connectivity index (χ2v) is 2.05. The predicted octanol–water partition coefficient (Wildman–Crippen LogP) is -1.13. The molecule has 0 aliphatic heterocycles. The third kappa shape index (κ3) is 5.53. The molecule has 0 aromatic heterocycles. The van der Waals surface area contributed by atoms with E-state index in [0.29, 0.717) is 25.8 Å². The molecular weight excluding hydrogens is 134 g/mol. The Morgan fingerprint density at radius 2 is 2.30 bits per heavy atom. The predicted molar refractivity (Wildman–Crippen MR) is 36.4 cm³/mol. The van der Waals surface area contributed by atoms with Gasteiger partial charge in [0, 0.05) is 6.54 Å². The van der Waals surface area contributed by atoms with Crippen molar-refractivity contribution in [3.8, 4) is 0 Å². The minimum absolute atomic E-state index is 0.207. The third-order valence-electron chi connectivity index (χ3n) is 1.15. The Labute approximate surface area is 59.9 Å². The number of hydrogen-bond acceptors (Lipinski definition) is 3. The number of aliphatic hydroxyl groups is 2. The Morgan fingerprint density at radius 3 is 2.80 bits per heavy atom. The van der Waals surface area contributed by atoms with E-state index in [1.54, 1.807) is 0 Å². The summed E-state index contributed by atoms with van der Waals surface area (Å²) in [6.07, 6.45) is 1.19. The molecule has 0 unspecified atom stereocenters. The van der Waals surface area contributed by atoms with E-state index in [1.165, 1.54) is 0 Å². The SMILES string of the molecule is O=CNCCC[C@H](O)CO. The van der Waals surface area contributed by atoms with Gasteiger partial charge in [-0.15, -0.1) is 0 Å². The van der Waals surface area contributed by atoms with E-state index in [4.69, 9.17) is 10.2 Å². The maximum absolute atomic E-state index is 9.70. The summed E-state index contributed by atoms with van der Waals surface area (Å²) in [4.78, 5) is 9.70. The first-order valence-electron chi connectivity index (χ1n) is 3.27. The van der Waals surface area contributed by atoms with E-state index >= 15 is 0 Å². The van der Waals surface area contributed by atoms with Crippen molar-refractivity contribution >= 4 is 6.41 Å². The van der Waals surface area contributed by atoms with Gasteiger partial charge in [-0.05, 0) is 12.8 Å². The molecule has 1 amide bonds. The fourth-order valence-corrected chi connectivity index (χ4v) is 0.590. The van der Waals surface area contributed by atoms with Gasteiger partial charge < -0.3 is 15.5 Å². The van der Waals surface area contributed by atoms with Crippen molar-refractivity contribution in [3.05, 3.63) is 0 Å². The first-order chi connectivity index (χ1) is 4.81. The minimum atomic E-state index is -0.645. The Kier molecular flexibility index (Phi) is 6.11. The molecule has 0 aromatic carbocycles. The summed E-state index contributed by atoms with van der Waals surface area (Å²) in [5.41, 5.74) is 0. The molecule has 1 atom stereocenters. The first-order valence-corrected chi connectivity index (χ1v) is 3.27. The van der Waals surface area contributed by atoms with Crippen molar-refractivity contribution in [2.75, 3.05) is 13.2 Å². The summed E-state index contributed by atoms with van der Waals surface area (Å²) in [7, 11) is 0. The highest BCUT2D eigenvalue weighted by atomic mass is 16.3. The van der Waals surface area contributed by atoms with Crippen LogP contribution in [0.1, 0.15) is 12.8 Å². The van der Waals surface area contributed by atoms with Gasteiger partial charge in [0.2, 0.25) is 6.41 Å². The molecule has 0 rings (SSSR count). The molecule has 0 saturated carbocycles. The van der Waals surface area contributed by atoms with Crippen molar-refractivity contribution in [2.45, 2.75) is 18.9 Å². The number of amides is 1. The normalized spacial score (nSPS) is 12.6. The Hall–Kier alpha value is -0.610. The van der Waals surface area contributed by atoms with Gasteiger partial charge in [0.15, 0.2) is 0 Å². The monoisotopic (exact) mass is 147 g/mol. The lowest BCUT2D eigenvalue weighted by molar-refractivity contribution is -0.109. The second-order valence-electron chi connectivity index (χ2n) is 2.05. The maximum Gasteiger partial charge on any atom is 0.207 e. The van der Waals surface area contributed by atoms with Crippen LogP contribution in [0.5, 0.6) is 0 Å². The minimum Gasteiger partial charge on any atom is -0.394 e. The van der Waals surface area contributed by atoms with Crippen LogP contribution in [-0.4, -0.2) is 35.9 Å². The van der Waals surface area contributed by atoms with Crippen LogP contribution in [-0.2, 0) is 4.79 Å². The topological polar surface area (TPSA) is 69.6 Å². The van der Waals surface area contributed by atoms with E-state index in [2.05, 4.69) is 5.32 Å². The third-order valence-corrected chi connectivity index (χ3v) is 1.15. The van der Waals surface area contributed by atoms with Crippen LogP contribution in [0.3, 0.4) is 0 Å². The van der Waals surface area contributed by atoms with Crippen molar-refractivity contribution in [1.29, 1.82) is 0 Å². The molecule has 3 N–H and O–H groups in total. The number of hydrogen-bond donors (Lipinski definition) is 3. The smallest absolute Gasteiger partial charge is 0.207 e. The fourth-order valence-electron chi connectivity index (χ4n) is 0.590. The van der Waals surface area contributed by atoms with Gasteiger partial charge in [0.25, 0.3) is 0 Å². The van der Waals surface area contributed by atoms with E-state index in [-0.39, 0.29) is 6.61 Å². The molecule has 0 aromatic rings. The van der Waals surface area contributed by atoms with Crippen molar-refractivity contribution < 1.29 is 15.0 Å². The van der Waals surface area contributed by atoms with Gasteiger partial charge in [-0.2, -0.15) is 0 Å². The average Bonchev–Trinajstić information content (AvgIpc) is 1.98. The number of carbonyl (C=O) groups excluding carboxylic acids is 1. The van der Waals surface area contributed by atoms with Gasteiger partial charge in [-0.25, -0.2) is 0 Å². The molecule has 0 spiro atoms. The van der Waals surface area contributed by atoms with Crippen LogP contribution in [0.2, 0.25) is 0 Å². The summed E-state index contributed by atoms with van der Waals surface area (Å²) in [5, 5.41) is 19.6. The van der Waals surface area contributed by atoms with Crippen molar-refractivity contribution in [1.82, 2.24) is 5.32 Å². The highest BCUT2D eigenvalue weighted by Gasteiger charge is 1.99. The Balaban J connectivity index is 2.95. The zero-order chi connectivity index (χ0) is 7.82. The number of aliphatic hydroxyl groups excluding tert-OH is 2. The van der Waals surface area contributed by atoms with E-state index in [1.807, 2.05) is 0 Å². The average molecular weight is 147 g/mol. The van der Waals surface area contributed by atoms with Crippen LogP contribution in [0.15, 0.2) is 0 Å². The summed E-state index contributed by atoms with van der Waals surface area (Å²) < 4.78 is 0. The molecule has 0 fully saturated rings. The zero-order valence-electron chi connectivity index (χ0n) is 5.79. The first kappa shape index (κ1) is 9.39. The second kappa shape index (κ2) is 6.51. The largest absolute Gasteiger partial charge is 0.394 e. The van der Waals surface area contributed by atoms with E-state index < -0.39 is 6.10 Å². The molecular formula is C6H13NO3. The maximum atomic E-state index is 9.70. The molecule has 4 nitrogen and oxygen atoms in total. The van der Waals surface area contributed by atoms with Gasteiger partial charge >= 0.3 is 0 Å². The summed E-state index contributed by atoms with van der Waals surface area (Å²) in [6.45, 7) is 0.349. The quantitative estimate of drug-likeness (QED) is 0.329. The number of rotatable bonds is 6. The van der Waals surface area contributed by atoms with Gasteiger partial charge in [0.05, 0.1) is 12.7 Å². The molecule has 60 valence electrons. The lowest BCUT2D eigenvalue weighted by atomic mass is 10.2. The Bertz CT molecular complexity index is 87.1. The van der Waals surface area contributed by atoms with Crippen molar-refractivity contribution in [3.63, 3.8) is 0 Å². The Morgan fingerprint density at radius 1 is 1.60 bits per heavy atom. The molecule has 0 saturated heterocycles. The molecule has 0 aliphatic carbocycles. The number of carbonyl (C=O) groups is 1. The van der Waals surface area contributed by atoms with Crippen LogP contribution in [0.25, 0.3) is 0 Å². The van der Waals surface area contributed by atoms with Crippen molar-refractivity contribution in [2.24, 2.45) is 0 Å². The number of nitrogens with one attached hydrogen (secondary N) is 1. The van der Waals surface area contributed by atoms with E-state index in [0.717, 1.165) is 0 Å². The van der Waals surface area contributed by atoms with Gasteiger partial charge in [0.1, 0.15) is 0 Å². The molecule has 4 heteroatoms. The highest BCUT2D eigenvalue weighted by Crippen LogP contribution is 1.93. The lowest BCUT2D eigenvalue weighted by Gasteiger charge is -2.04. The molecule has 0 bridgehead atoms. The molecule has 0 aliphatic rings. The summed E-state index contributed by atoms with van der Waals surface area (Å²) >= 11 is 0. The van der Waals surface area contributed by atoms with E-state index in [9.17, 15) is 4.79 Å². The molecule has 10 heavy (non-hydrogen) atoms. The van der Waals surface area contributed by atoms with Crippen LogP contribution in [0, 0.1) is 0 Å². The summed E-state index contributed by atoms with van der Waals surface area (Å²) in [5.74, 6) is 0. The zero-order valence-corrected chi connectivity index (χ0v) is 5.79. The molecule has 0 radical (unpaired) electrons. The standard InChI is InChI=1S/C6H13NO3/c8-4-6(10)2-1-3-7-5-9/h5-6,8,10H,1-4H2,(H,7,9)/t6-/m0/s1. The summed E-state index contributed by atoms with van der Waals surface area (Å²) in [6, 6.07) is 0. The van der Waals surface area contributed by atoms with Crippen LogP contribution < -0.4 is 5.32 Å². The van der Waals surface area contributed by atoms with Crippen LogP contribution in [0.4, 0.5) is 0 Å². The van der Waals surface area contributed by atoms with Gasteiger partial charge in [-0.1, -0.05) is 0 Å². The lowest BCUT2D eigenvalue weighted by Crippen LogP contribution is -2.17. The van der Waals surface area contributed by atoms with Crippen LogP contribution >= 0.6 is 0 Å².